The number of nitriles is 1. The average molecular weight is 305 g/mol. The van der Waals surface area contributed by atoms with E-state index in [0.29, 0.717) is 6.04 Å². The van der Waals surface area contributed by atoms with Crippen LogP contribution in [-0.4, -0.2) is 24.0 Å². The normalized spacial score (nSPS) is 26.8. The molecule has 1 heterocycles. The number of nitrogens with zero attached hydrogens (tertiary/aromatic N) is 2. The van der Waals surface area contributed by atoms with Gasteiger partial charge in [0.15, 0.2) is 0 Å². The highest BCUT2D eigenvalue weighted by Gasteiger charge is 2.43. The van der Waals surface area contributed by atoms with E-state index in [1.807, 2.05) is 18.2 Å². The van der Waals surface area contributed by atoms with Crippen molar-refractivity contribution in [1.82, 2.24) is 4.90 Å². The lowest BCUT2D eigenvalue weighted by Gasteiger charge is -2.31. The second-order valence-electron chi connectivity index (χ2n) is 7.24. The smallest absolute Gasteiger partial charge is 0.0699 e. The molecule has 1 aliphatic heterocycles. The predicted molar refractivity (Wildman–Crippen MR) is 88.4 cm³/mol. The summed E-state index contributed by atoms with van der Waals surface area (Å²) in [4.78, 5) is 2.46. The van der Waals surface area contributed by atoms with Gasteiger partial charge in [-0.05, 0) is 36.1 Å². The summed E-state index contributed by atoms with van der Waals surface area (Å²) >= 11 is 6.13. The van der Waals surface area contributed by atoms with Gasteiger partial charge in [-0.1, -0.05) is 51.4 Å². The van der Waals surface area contributed by atoms with Gasteiger partial charge in [-0.15, -0.1) is 0 Å². The molecule has 3 atom stereocenters. The average Bonchev–Trinajstić information content (AvgIpc) is 2.74. The third-order valence-electron chi connectivity index (χ3n) is 4.40. The van der Waals surface area contributed by atoms with Crippen LogP contribution in [0, 0.1) is 22.7 Å². The molecule has 1 aromatic rings. The SMILES string of the molecule is CCN1CC(c2cccc(Cl)c2)C(C#N)C1CC(C)(C)C. The summed E-state index contributed by atoms with van der Waals surface area (Å²) in [5.41, 5.74) is 1.43. The minimum Gasteiger partial charge on any atom is -0.299 e. The van der Waals surface area contributed by atoms with Gasteiger partial charge >= 0.3 is 0 Å². The third kappa shape index (κ3) is 3.78. The molecule has 21 heavy (non-hydrogen) atoms. The van der Waals surface area contributed by atoms with E-state index in [1.165, 1.54) is 5.56 Å². The maximum absolute atomic E-state index is 9.74. The van der Waals surface area contributed by atoms with E-state index in [9.17, 15) is 5.26 Å². The van der Waals surface area contributed by atoms with Gasteiger partial charge in [0.1, 0.15) is 0 Å². The number of hydrogen-bond donors (Lipinski definition) is 0. The lowest BCUT2D eigenvalue weighted by atomic mass is 9.79. The molecular weight excluding hydrogens is 280 g/mol. The Labute approximate surface area is 133 Å². The fourth-order valence-corrected chi connectivity index (χ4v) is 3.67. The maximum Gasteiger partial charge on any atom is 0.0699 e. The molecule has 1 aromatic carbocycles. The van der Waals surface area contributed by atoms with Gasteiger partial charge in [0.2, 0.25) is 0 Å². The Kier molecular flexibility index (Phi) is 4.96. The topological polar surface area (TPSA) is 27.0 Å². The standard InChI is InChI=1S/C18H25ClN2/c1-5-21-12-16(13-7-6-8-14(19)9-13)15(11-20)17(21)10-18(2,3)4/h6-9,15-17H,5,10,12H2,1-4H3. The molecule has 0 spiro atoms. The minimum absolute atomic E-state index is 0.0441. The van der Waals surface area contributed by atoms with E-state index in [2.05, 4.69) is 44.7 Å². The summed E-state index contributed by atoms with van der Waals surface area (Å²) in [5, 5.41) is 10.5. The Morgan fingerprint density at radius 1 is 1.38 bits per heavy atom. The van der Waals surface area contributed by atoms with Crippen LogP contribution < -0.4 is 0 Å². The van der Waals surface area contributed by atoms with Crippen molar-refractivity contribution >= 4 is 11.6 Å². The summed E-state index contributed by atoms with van der Waals surface area (Å²) in [6.45, 7) is 10.9. The van der Waals surface area contributed by atoms with Crippen LogP contribution in [0.5, 0.6) is 0 Å². The first-order valence-corrected chi connectivity index (χ1v) is 8.12. The molecular formula is C18H25ClN2. The molecule has 1 saturated heterocycles. The predicted octanol–water partition coefficient (Wildman–Crippen LogP) is 4.70. The zero-order valence-electron chi connectivity index (χ0n) is 13.4. The fourth-order valence-electron chi connectivity index (χ4n) is 3.47. The van der Waals surface area contributed by atoms with Gasteiger partial charge in [-0.3, -0.25) is 4.90 Å². The molecule has 0 aromatic heterocycles. The van der Waals surface area contributed by atoms with Crippen molar-refractivity contribution in [1.29, 1.82) is 5.26 Å². The van der Waals surface area contributed by atoms with Crippen LogP contribution in [-0.2, 0) is 0 Å². The Morgan fingerprint density at radius 2 is 2.10 bits per heavy atom. The van der Waals surface area contributed by atoms with Crippen molar-refractivity contribution in [3.63, 3.8) is 0 Å². The van der Waals surface area contributed by atoms with Crippen molar-refractivity contribution in [2.75, 3.05) is 13.1 Å². The Bertz CT molecular complexity index is 527. The molecule has 2 nitrogen and oxygen atoms in total. The second-order valence-corrected chi connectivity index (χ2v) is 7.67. The minimum atomic E-state index is 0.0441. The summed E-state index contributed by atoms with van der Waals surface area (Å²) in [5.74, 6) is 0.309. The molecule has 3 unspecified atom stereocenters. The van der Waals surface area contributed by atoms with Crippen molar-refractivity contribution in [3.8, 4) is 6.07 Å². The molecule has 114 valence electrons. The van der Waals surface area contributed by atoms with Gasteiger partial charge in [-0.2, -0.15) is 5.26 Å². The first-order valence-electron chi connectivity index (χ1n) is 7.75. The number of hydrogen-bond acceptors (Lipinski definition) is 2. The highest BCUT2D eigenvalue weighted by atomic mass is 35.5. The van der Waals surface area contributed by atoms with E-state index < -0.39 is 0 Å². The van der Waals surface area contributed by atoms with Crippen LogP contribution in [0.15, 0.2) is 24.3 Å². The molecule has 2 rings (SSSR count). The summed E-state index contributed by atoms with van der Waals surface area (Å²) in [6, 6.07) is 10.9. The quantitative estimate of drug-likeness (QED) is 0.809. The lowest BCUT2D eigenvalue weighted by molar-refractivity contribution is 0.185. The van der Waals surface area contributed by atoms with E-state index in [0.717, 1.165) is 24.5 Å². The summed E-state index contributed by atoms with van der Waals surface area (Å²) in [6.07, 6.45) is 1.05. The first kappa shape index (κ1) is 16.3. The van der Waals surface area contributed by atoms with E-state index in [4.69, 9.17) is 11.6 Å². The Hall–Kier alpha value is -1.04. The van der Waals surface area contributed by atoms with Crippen LogP contribution in [0.2, 0.25) is 5.02 Å². The molecule has 1 aliphatic rings. The lowest BCUT2D eigenvalue weighted by Crippen LogP contribution is -2.35. The number of benzene rings is 1. The second kappa shape index (κ2) is 6.38. The molecule has 0 saturated carbocycles. The zero-order chi connectivity index (χ0) is 15.6. The van der Waals surface area contributed by atoms with E-state index in [-0.39, 0.29) is 17.3 Å². The first-order chi connectivity index (χ1) is 9.85. The van der Waals surface area contributed by atoms with E-state index in [1.54, 1.807) is 0 Å². The molecule has 0 bridgehead atoms. The monoisotopic (exact) mass is 304 g/mol. The molecule has 0 amide bonds. The van der Waals surface area contributed by atoms with Crippen LogP contribution in [0.1, 0.15) is 45.6 Å². The number of likely N-dealkylation sites (tertiary alicyclic amines) is 1. The van der Waals surface area contributed by atoms with Crippen molar-refractivity contribution in [2.45, 2.75) is 46.1 Å². The highest BCUT2D eigenvalue weighted by molar-refractivity contribution is 6.30. The highest BCUT2D eigenvalue weighted by Crippen LogP contribution is 2.41. The molecule has 3 heteroatoms. The maximum atomic E-state index is 9.74. The van der Waals surface area contributed by atoms with Gasteiger partial charge in [0.25, 0.3) is 0 Å². The van der Waals surface area contributed by atoms with Crippen LogP contribution in [0.25, 0.3) is 0 Å². The molecule has 0 aliphatic carbocycles. The van der Waals surface area contributed by atoms with Gasteiger partial charge in [0.05, 0.1) is 12.0 Å². The van der Waals surface area contributed by atoms with Crippen molar-refractivity contribution in [2.24, 2.45) is 11.3 Å². The number of halogens is 1. The van der Waals surface area contributed by atoms with E-state index >= 15 is 0 Å². The zero-order valence-corrected chi connectivity index (χ0v) is 14.2. The summed E-state index contributed by atoms with van der Waals surface area (Å²) < 4.78 is 0. The van der Waals surface area contributed by atoms with Crippen LogP contribution in [0.3, 0.4) is 0 Å². The van der Waals surface area contributed by atoms with Gasteiger partial charge in [0, 0.05) is 23.5 Å². The molecule has 0 radical (unpaired) electrons. The number of rotatable bonds is 3. The summed E-state index contributed by atoms with van der Waals surface area (Å²) in [7, 11) is 0. The number of likely N-dealkylation sites (N-methyl/N-ethyl adjacent to an activating group) is 1. The van der Waals surface area contributed by atoms with Crippen molar-refractivity contribution < 1.29 is 0 Å². The largest absolute Gasteiger partial charge is 0.299 e. The van der Waals surface area contributed by atoms with Crippen LogP contribution >= 0.6 is 11.6 Å². The Morgan fingerprint density at radius 3 is 2.62 bits per heavy atom. The Balaban J connectivity index is 2.30. The van der Waals surface area contributed by atoms with Gasteiger partial charge < -0.3 is 0 Å². The fraction of sp³-hybridized carbons (Fsp3) is 0.611. The molecule has 1 fully saturated rings. The van der Waals surface area contributed by atoms with Gasteiger partial charge in [-0.25, -0.2) is 0 Å². The molecule has 0 N–H and O–H groups in total. The van der Waals surface area contributed by atoms with Crippen molar-refractivity contribution in [3.05, 3.63) is 34.9 Å². The van der Waals surface area contributed by atoms with Crippen LogP contribution in [0.4, 0.5) is 0 Å². The third-order valence-corrected chi connectivity index (χ3v) is 4.64.